The highest BCUT2D eigenvalue weighted by Gasteiger charge is 2.49. The zero-order valence-electron chi connectivity index (χ0n) is 17.2. The average Bonchev–Trinajstić information content (AvgIpc) is 3.09. The number of nitrogens with one attached hydrogen (secondary N) is 1. The molecule has 1 aliphatic rings. The molecule has 27 heavy (non-hydrogen) atoms. The summed E-state index contributed by atoms with van der Waals surface area (Å²) >= 11 is 6.34. The van der Waals surface area contributed by atoms with Crippen LogP contribution in [0.3, 0.4) is 0 Å². The predicted octanol–water partition coefficient (Wildman–Crippen LogP) is 4.97. The minimum absolute atomic E-state index is 0.0710. The van der Waals surface area contributed by atoms with Gasteiger partial charge in [0.05, 0.1) is 28.4 Å². The molecule has 1 N–H and O–H groups in total. The molecular formula is C21H29ClN2O2Si. The van der Waals surface area contributed by atoms with Gasteiger partial charge in [-0.3, -0.25) is 4.79 Å². The number of aromatic amines is 1. The summed E-state index contributed by atoms with van der Waals surface area (Å²) in [5.74, 6) is 0.711. The summed E-state index contributed by atoms with van der Waals surface area (Å²) in [5.41, 5.74) is 1.47. The number of H-pyrrole nitrogens is 1. The number of rotatable bonds is 4. The summed E-state index contributed by atoms with van der Waals surface area (Å²) in [7, 11) is -0.709. The number of Topliss-reactive ketones (excluding diaryl/α,β-unsaturated/α-hetero) is 1. The van der Waals surface area contributed by atoms with Crippen LogP contribution in [-0.2, 0) is 10.0 Å². The second-order valence-electron chi connectivity index (χ2n) is 9.73. The Bertz CT molecular complexity index is 881. The summed E-state index contributed by atoms with van der Waals surface area (Å²) in [6, 6.07) is 5.65. The van der Waals surface area contributed by atoms with Gasteiger partial charge in [-0.05, 0) is 30.5 Å². The number of hydrogen-bond acceptors (Lipinski definition) is 3. The number of aromatic nitrogens is 2. The number of fused-ring (bicyclic) bond motifs is 1. The molecule has 3 rings (SSSR count). The van der Waals surface area contributed by atoms with Gasteiger partial charge in [0.1, 0.15) is 5.82 Å². The number of imidazole rings is 1. The number of ketones is 1. The first kappa shape index (κ1) is 20.3. The van der Waals surface area contributed by atoms with Crippen LogP contribution in [0.25, 0.3) is 0 Å². The molecule has 1 aromatic heterocycles. The van der Waals surface area contributed by atoms with Crippen molar-refractivity contribution in [3.63, 3.8) is 0 Å². The topological polar surface area (TPSA) is 55.0 Å². The molecule has 0 saturated carbocycles. The van der Waals surface area contributed by atoms with E-state index in [0.29, 0.717) is 10.6 Å². The quantitative estimate of drug-likeness (QED) is 0.731. The number of nitrogens with zero attached hydrogens (tertiary/aromatic N) is 1. The highest BCUT2D eigenvalue weighted by molar-refractivity contribution is 6.35. The van der Waals surface area contributed by atoms with Gasteiger partial charge in [0.2, 0.25) is 0 Å². The van der Waals surface area contributed by atoms with Gasteiger partial charge >= 0.3 is 0 Å². The van der Waals surface area contributed by atoms with Crippen molar-refractivity contribution in [3.8, 4) is 0 Å². The van der Waals surface area contributed by atoms with Gasteiger partial charge in [-0.2, -0.15) is 0 Å². The molecule has 0 radical (unpaired) electrons. The van der Waals surface area contributed by atoms with E-state index in [9.17, 15) is 4.79 Å². The fourth-order valence-electron chi connectivity index (χ4n) is 3.62. The highest BCUT2D eigenvalue weighted by atomic mass is 35.5. The van der Waals surface area contributed by atoms with Crippen molar-refractivity contribution in [2.45, 2.75) is 65.0 Å². The van der Waals surface area contributed by atoms with Crippen molar-refractivity contribution in [2.24, 2.45) is 5.41 Å². The second kappa shape index (κ2) is 6.57. The van der Waals surface area contributed by atoms with E-state index in [1.807, 2.05) is 32.2 Å². The fraction of sp³-hybridized carbons (Fsp3) is 0.524. The van der Waals surface area contributed by atoms with E-state index in [-0.39, 0.29) is 16.7 Å². The molecule has 0 bridgehead atoms. The van der Waals surface area contributed by atoms with Crippen LogP contribution in [0.2, 0.25) is 10.1 Å². The molecule has 146 valence electrons. The summed E-state index contributed by atoms with van der Waals surface area (Å²) in [5, 5.41) is 0.732. The Balaban J connectivity index is 1.97. The van der Waals surface area contributed by atoms with Crippen LogP contribution >= 0.6 is 11.6 Å². The van der Waals surface area contributed by atoms with E-state index in [0.717, 1.165) is 17.1 Å². The van der Waals surface area contributed by atoms with E-state index in [4.69, 9.17) is 16.0 Å². The van der Waals surface area contributed by atoms with Crippen molar-refractivity contribution >= 4 is 27.1 Å². The normalized spacial score (nSPS) is 19.9. The Morgan fingerprint density at radius 1 is 1.22 bits per heavy atom. The van der Waals surface area contributed by atoms with Gasteiger partial charge in [0.15, 0.2) is 15.5 Å². The summed E-state index contributed by atoms with van der Waals surface area (Å²) in [6.45, 7) is 14.7. The van der Waals surface area contributed by atoms with Crippen molar-refractivity contribution in [1.82, 2.24) is 9.97 Å². The van der Waals surface area contributed by atoms with Crippen molar-refractivity contribution < 1.29 is 9.22 Å². The zero-order valence-corrected chi connectivity index (χ0v) is 19.4. The van der Waals surface area contributed by atoms with Crippen LogP contribution in [0, 0.1) is 5.41 Å². The van der Waals surface area contributed by atoms with E-state index < -0.39 is 20.8 Å². The molecule has 2 aromatic rings. The first-order valence-electron chi connectivity index (χ1n) is 9.37. The Labute approximate surface area is 169 Å². The zero-order chi connectivity index (χ0) is 20.2. The minimum Gasteiger partial charge on any atom is -0.413 e. The van der Waals surface area contributed by atoms with Crippen molar-refractivity contribution in [1.29, 1.82) is 0 Å². The maximum atomic E-state index is 13.0. The molecule has 1 unspecified atom stereocenters. The maximum absolute atomic E-state index is 13.0. The van der Waals surface area contributed by atoms with Crippen LogP contribution < -0.4 is 0 Å². The summed E-state index contributed by atoms with van der Waals surface area (Å²) in [6.07, 6.45) is 1.84. The van der Waals surface area contributed by atoms with Crippen LogP contribution in [0.5, 0.6) is 0 Å². The largest absolute Gasteiger partial charge is 0.413 e. The lowest BCUT2D eigenvalue weighted by atomic mass is 9.78. The van der Waals surface area contributed by atoms with Gasteiger partial charge in [-0.25, -0.2) is 4.98 Å². The first-order valence-corrected chi connectivity index (χ1v) is 11.0. The van der Waals surface area contributed by atoms with E-state index >= 15 is 0 Å². The van der Waals surface area contributed by atoms with Gasteiger partial charge in [-0.15, -0.1) is 0 Å². The average molecular weight is 405 g/mol. The second-order valence-corrected chi connectivity index (χ2v) is 12.8. The molecule has 1 atom stereocenters. The lowest BCUT2D eigenvalue weighted by Gasteiger charge is -2.29. The number of hydrogen-bond donors (Lipinski definition) is 1. The van der Waals surface area contributed by atoms with Crippen LogP contribution in [0.15, 0.2) is 24.4 Å². The molecule has 0 saturated heterocycles. The molecule has 1 aromatic carbocycles. The number of benzene rings is 1. The molecular weight excluding hydrogens is 376 g/mol. The number of carbonyl (C=O) groups is 1. The van der Waals surface area contributed by atoms with E-state index in [2.05, 4.69) is 44.6 Å². The Morgan fingerprint density at radius 3 is 2.52 bits per heavy atom. The number of carbonyl (C=O) groups excluding carboxylic acids is 1. The monoisotopic (exact) mass is 404 g/mol. The third-order valence-corrected chi connectivity index (χ3v) is 7.32. The number of halogens is 1. The van der Waals surface area contributed by atoms with Gasteiger partial charge in [0.25, 0.3) is 0 Å². The van der Waals surface area contributed by atoms with E-state index in [1.54, 1.807) is 6.07 Å². The molecule has 6 heteroatoms. The molecule has 0 spiro atoms. The third-order valence-electron chi connectivity index (χ3n) is 5.27. The van der Waals surface area contributed by atoms with Gasteiger partial charge in [-0.1, -0.05) is 58.4 Å². The van der Waals surface area contributed by atoms with E-state index in [1.165, 1.54) is 0 Å². The Kier molecular flexibility index (Phi) is 4.94. The fourth-order valence-corrected chi connectivity index (χ4v) is 4.83. The predicted molar refractivity (Wildman–Crippen MR) is 112 cm³/mol. The van der Waals surface area contributed by atoms with Gasteiger partial charge in [0, 0.05) is 11.0 Å². The smallest absolute Gasteiger partial charge is 0.171 e. The SMILES string of the molecule is CC(C)(C)[SiH2]OC(C)(C)c1cnc(C2c3cccc(Cl)c3C(=O)C2(C)C)[nH]1. The molecule has 1 aliphatic carbocycles. The first-order chi connectivity index (χ1) is 12.3. The molecule has 0 amide bonds. The molecule has 0 fully saturated rings. The molecule has 1 heterocycles. The van der Waals surface area contributed by atoms with Crippen LogP contribution in [-0.4, -0.2) is 25.5 Å². The van der Waals surface area contributed by atoms with Crippen LogP contribution in [0.1, 0.15) is 81.8 Å². The Morgan fingerprint density at radius 2 is 1.89 bits per heavy atom. The van der Waals surface area contributed by atoms with Crippen LogP contribution in [0.4, 0.5) is 0 Å². The molecule has 4 nitrogen and oxygen atoms in total. The highest BCUT2D eigenvalue weighted by Crippen LogP contribution is 2.51. The van der Waals surface area contributed by atoms with Gasteiger partial charge < -0.3 is 9.41 Å². The third kappa shape index (κ3) is 3.65. The maximum Gasteiger partial charge on any atom is 0.171 e. The van der Waals surface area contributed by atoms with Crippen molar-refractivity contribution in [3.05, 3.63) is 52.1 Å². The standard InChI is InChI=1S/C21H29ClN2O2Si/c1-19(2,3)27-26-21(6,7)14-11-23-18(24-14)16-12-9-8-10-13(22)15(12)17(25)20(16,4)5/h8-11,16H,27H2,1-7H3,(H,23,24). The minimum atomic E-state index is -0.709. The molecule has 0 aliphatic heterocycles. The lowest BCUT2D eigenvalue weighted by molar-refractivity contribution is 0.0844. The Hall–Kier alpha value is -1.43. The van der Waals surface area contributed by atoms with Crippen molar-refractivity contribution in [2.75, 3.05) is 0 Å². The lowest BCUT2D eigenvalue weighted by Crippen LogP contribution is -2.28. The summed E-state index contributed by atoms with van der Waals surface area (Å²) in [4.78, 5) is 21.1. The summed E-state index contributed by atoms with van der Waals surface area (Å²) < 4.78 is 6.30.